The molecule has 1 aromatic rings. The second-order valence-electron chi connectivity index (χ2n) is 3.60. The first-order valence-corrected chi connectivity index (χ1v) is 5.56. The van der Waals surface area contributed by atoms with Gasteiger partial charge in [-0.3, -0.25) is 0 Å². The lowest BCUT2D eigenvalue weighted by atomic mass is 10.2. The van der Waals surface area contributed by atoms with Gasteiger partial charge in [-0.1, -0.05) is 12.1 Å². The van der Waals surface area contributed by atoms with Crippen molar-refractivity contribution in [2.24, 2.45) is 5.73 Å². The van der Waals surface area contributed by atoms with E-state index in [9.17, 15) is 5.11 Å². The standard InChI is InChI=1S/C12H20N2O2/c1-2-16-12-5-3-10(4-6-12)8-14-9-11(15)7-13/h3-6,11,14-15H,2,7-9,13H2,1H3. The van der Waals surface area contributed by atoms with Gasteiger partial charge in [-0.25, -0.2) is 0 Å². The highest BCUT2D eigenvalue weighted by atomic mass is 16.5. The molecular formula is C12H20N2O2. The lowest BCUT2D eigenvalue weighted by molar-refractivity contribution is 0.179. The molecule has 0 aromatic heterocycles. The van der Waals surface area contributed by atoms with Crippen LogP contribution >= 0.6 is 0 Å². The van der Waals surface area contributed by atoms with Crippen LogP contribution in [0.4, 0.5) is 0 Å². The summed E-state index contributed by atoms with van der Waals surface area (Å²) in [6.07, 6.45) is -0.470. The van der Waals surface area contributed by atoms with Crippen molar-refractivity contribution in [1.82, 2.24) is 5.32 Å². The normalized spacial score (nSPS) is 12.4. The van der Waals surface area contributed by atoms with E-state index in [1.165, 1.54) is 0 Å². The van der Waals surface area contributed by atoms with Crippen molar-refractivity contribution >= 4 is 0 Å². The van der Waals surface area contributed by atoms with E-state index in [0.717, 1.165) is 17.9 Å². The van der Waals surface area contributed by atoms with Crippen LogP contribution in [-0.4, -0.2) is 30.9 Å². The fraction of sp³-hybridized carbons (Fsp3) is 0.500. The number of benzene rings is 1. The summed E-state index contributed by atoms with van der Waals surface area (Å²) < 4.78 is 5.34. The summed E-state index contributed by atoms with van der Waals surface area (Å²) in [5.74, 6) is 0.883. The van der Waals surface area contributed by atoms with Crippen molar-refractivity contribution in [2.75, 3.05) is 19.7 Å². The summed E-state index contributed by atoms with van der Waals surface area (Å²) >= 11 is 0. The van der Waals surface area contributed by atoms with Crippen molar-refractivity contribution < 1.29 is 9.84 Å². The maximum Gasteiger partial charge on any atom is 0.119 e. The van der Waals surface area contributed by atoms with Gasteiger partial charge < -0.3 is 20.9 Å². The fourth-order valence-corrected chi connectivity index (χ4v) is 1.34. The van der Waals surface area contributed by atoms with Gasteiger partial charge in [0.2, 0.25) is 0 Å². The van der Waals surface area contributed by atoms with E-state index in [-0.39, 0.29) is 6.54 Å². The summed E-state index contributed by atoms with van der Waals surface area (Å²) in [6.45, 7) is 4.17. The van der Waals surface area contributed by atoms with Gasteiger partial charge in [-0.15, -0.1) is 0 Å². The zero-order chi connectivity index (χ0) is 11.8. The summed E-state index contributed by atoms with van der Waals surface area (Å²) in [7, 11) is 0. The van der Waals surface area contributed by atoms with Crippen LogP contribution in [0.3, 0.4) is 0 Å². The Morgan fingerprint density at radius 2 is 2.06 bits per heavy atom. The van der Waals surface area contributed by atoms with Crippen LogP contribution in [0.5, 0.6) is 5.75 Å². The molecule has 0 aliphatic heterocycles. The quantitative estimate of drug-likeness (QED) is 0.631. The van der Waals surface area contributed by atoms with Crippen LogP contribution in [0, 0.1) is 0 Å². The van der Waals surface area contributed by atoms with Crippen molar-refractivity contribution in [3.8, 4) is 5.75 Å². The largest absolute Gasteiger partial charge is 0.494 e. The average Bonchev–Trinajstić information content (AvgIpc) is 2.31. The highest BCUT2D eigenvalue weighted by molar-refractivity contribution is 5.27. The first kappa shape index (κ1) is 13.0. The van der Waals surface area contributed by atoms with Crippen molar-refractivity contribution in [3.63, 3.8) is 0 Å². The number of nitrogens with one attached hydrogen (secondary N) is 1. The molecule has 0 aliphatic rings. The molecule has 1 atom stereocenters. The molecule has 4 nitrogen and oxygen atoms in total. The Hall–Kier alpha value is -1.10. The minimum absolute atomic E-state index is 0.288. The summed E-state index contributed by atoms with van der Waals surface area (Å²) in [5.41, 5.74) is 6.46. The van der Waals surface area contributed by atoms with Crippen molar-refractivity contribution in [3.05, 3.63) is 29.8 Å². The Balaban J connectivity index is 2.31. The van der Waals surface area contributed by atoms with Gasteiger partial charge in [0, 0.05) is 19.6 Å². The number of rotatable bonds is 7. The van der Waals surface area contributed by atoms with Crippen LogP contribution in [0.1, 0.15) is 12.5 Å². The zero-order valence-corrected chi connectivity index (χ0v) is 9.65. The Bertz CT molecular complexity index is 288. The van der Waals surface area contributed by atoms with Crippen LogP contribution in [0.2, 0.25) is 0 Å². The van der Waals surface area contributed by atoms with E-state index in [1.807, 2.05) is 31.2 Å². The molecule has 0 saturated carbocycles. The third kappa shape index (κ3) is 4.61. The molecule has 0 saturated heterocycles. The van der Waals surface area contributed by atoms with Crippen LogP contribution < -0.4 is 15.8 Å². The third-order valence-corrected chi connectivity index (χ3v) is 2.22. The molecule has 0 aliphatic carbocycles. The maximum absolute atomic E-state index is 9.24. The molecule has 1 unspecified atom stereocenters. The van der Waals surface area contributed by atoms with Gasteiger partial charge in [0.25, 0.3) is 0 Å². The van der Waals surface area contributed by atoms with Gasteiger partial charge in [-0.05, 0) is 24.6 Å². The molecule has 0 bridgehead atoms. The Labute approximate surface area is 96.4 Å². The average molecular weight is 224 g/mol. The number of hydrogen-bond donors (Lipinski definition) is 3. The number of hydrogen-bond acceptors (Lipinski definition) is 4. The summed E-state index contributed by atoms with van der Waals surface area (Å²) in [4.78, 5) is 0. The molecule has 0 radical (unpaired) electrons. The van der Waals surface area contributed by atoms with Crippen LogP contribution in [0.25, 0.3) is 0 Å². The van der Waals surface area contributed by atoms with E-state index in [2.05, 4.69) is 5.32 Å². The predicted molar refractivity (Wildman–Crippen MR) is 64.4 cm³/mol. The van der Waals surface area contributed by atoms with E-state index >= 15 is 0 Å². The first-order valence-electron chi connectivity index (χ1n) is 5.56. The van der Waals surface area contributed by atoms with E-state index < -0.39 is 6.10 Å². The lowest BCUT2D eigenvalue weighted by Gasteiger charge is -2.09. The van der Waals surface area contributed by atoms with Gasteiger partial charge >= 0.3 is 0 Å². The lowest BCUT2D eigenvalue weighted by Crippen LogP contribution is -2.32. The first-order chi connectivity index (χ1) is 7.76. The minimum atomic E-state index is -0.470. The third-order valence-electron chi connectivity index (χ3n) is 2.22. The molecule has 1 aromatic carbocycles. The van der Waals surface area contributed by atoms with Gasteiger partial charge in [0.05, 0.1) is 12.7 Å². The highest BCUT2D eigenvalue weighted by Gasteiger charge is 2.00. The topological polar surface area (TPSA) is 67.5 Å². The molecule has 0 spiro atoms. The Morgan fingerprint density at radius 1 is 1.38 bits per heavy atom. The van der Waals surface area contributed by atoms with Gasteiger partial charge in [0.1, 0.15) is 5.75 Å². The van der Waals surface area contributed by atoms with Crippen molar-refractivity contribution in [1.29, 1.82) is 0 Å². The monoisotopic (exact) mass is 224 g/mol. The van der Waals surface area contributed by atoms with Crippen LogP contribution in [0.15, 0.2) is 24.3 Å². The van der Waals surface area contributed by atoms with Gasteiger partial charge in [0.15, 0.2) is 0 Å². The van der Waals surface area contributed by atoms with E-state index in [1.54, 1.807) is 0 Å². The molecule has 1 rings (SSSR count). The maximum atomic E-state index is 9.24. The number of aliphatic hydroxyl groups is 1. The molecule has 4 N–H and O–H groups in total. The van der Waals surface area contributed by atoms with E-state index in [0.29, 0.717) is 13.2 Å². The Kier molecular flexibility index (Phi) is 5.85. The van der Waals surface area contributed by atoms with Crippen LogP contribution in [-0.2, 0) is 6.54 Å². The number of nitrogens with two attached hydrogens (primary N) is 1. The summed E-state index contributed by atoms with van der Waals surface area (Å²) in [6, 6.07) is 7.90. The molecule has 4 heteroatoms. The smallest absolute Gasteiger partial charge is 0.119 e. The number of ether oxygens (including phenoxy) is 1. The predicted octanol–water partition coefficient (Wildman–Crippen LogP) is 0.494. The molecule has 0 heterocycles. The molecular weight excluding hydrogens is 204 g/mol. The molecule has 90 valence electrons. The van der Waals surface area contributed by atoms with E-state index in [4.69, 9.17) is 10.5 Å². The molecule has 0 amide bonds. The Morgan fingerprint density at radius 3 is 2.62 bits per heavy atom. The van der Waals surface area contributed by atoms with Gasteiger partial charge in [-0.2, -0.15) is 0 Å². The SMILES string of the molecule is CCOc1ccc(CNCC(O)CN)cc1. The second-order valence-corrected chi connectivity index (χ2v) is 3.60. The van der Waals surface area contributed by atoms with Crippen molar-refractivity contribution in [2.45, 2.75) is 19.6 Å². The molecule has 16 heavy (non-hydrogen) atoms. The second kappa shape index (κ2) is 7.22. The fourth-order valence-electron chi connectivity index (χ4n) is 1.34. The molecule has 0 fully saturated rings. The summed E-state index contributed by atoms with van der Waals surface area (Å²) in [5, 5.41) is 12.4. The highest BCUT2D eigenvalue weighted by Crippen LogP contribution is 2.11. The zero-order valence-electron chi connectivity index (χ0n) is 9.65. The number of aliphatic hydroxyl groups excluding tert-OH is 1. The minimum Gasteiger partial charge on any atom is -0.494 e.